The lowest BCUT2D eigenvalue weighted by Crippen LogP contribution is -2.28. The second-order valence-corrected chi connectivity index (χ2v) is 6.91. The van der Waals surface area contributed by atoms with Crippen LogP contribution < -0.4 is 15.4 Å². The van der Waals surface area contributed by atoms with E-state index in [1.54, 1.807) is 42.5 Å². The van der Waals surface area contributed by atoms with E-state index in [-0.39, 0.29) is 24.3 Å². The number of amides is 2. The van der Waals surface area contributed by atoms with E-state index < -0.39 is 5.97 Å². The number of ether oxygens (including phenoxy) is 2. The van der Waals surface area contributed by atoms with Gasteiger partial charge in [-0.2, -0.15) is 0 Å². The van der Waals surface area contributed by atoms with Gasteiger partial charge in [0.25, 0.3) is 5.91 Å². The molecule has 1 aliphatic rings. The molecular weight excluding hydrogens is 372 g/mol. The van der Waals surface area contributed by atoms with Crippen LogP contribution in [-0.4, -0.2) is 32.0 Å². The van der Waals surface area contributed by atoms with Gasteiger partial charge in [-0.25, -0.2) is 4.79 Å². The number of carbonyl (C=O) groups is 3. The van der Waals surface area contributed by atoms with Crippen LogP contribution in [0.3, 0.4) is 0 Å². The first kappa shape index (κ1) is 20.4. The fraction of sp³-hybridized carbons (Fsp3) is 0.318. The van der Waals surface area contributed by atoms with E-state index >= 15 is 0 Å². The van der Waals surface area contributed by atoms with E-state index in [0.29, 0.717) is 28.1 Å². The van der Waals surface area contributed by atoms with E-state index in [2.05, 4.69) is 10.6 Å². The SMILES string of the molecule is COC(=O)c1cc(CNC(=O)c2ccccc2OC)cc(NC(=O)C2CCC2)c1. The lowest BCUT2D eigenvalue weighted by molar-refractivity contribution is -0.122. The van der Waals surface area contributed by atoms with Gasteiger partial charge in [-0.15, -0.1) is 0 Å². The van der Waals surface area contributed by atoms with Crippen molar-refractivity contribution < 1.29 is 23.9 Å². The molecule has 2 aromatic rings. The Labute approximate surface area is 169 Å². The molecule has 0 unspecified atom stereocenters. The summed E-state index contributed by atoms with van der Waals surface area (Å²) in [4.78, 5) is 36.8. The van der Waals surface area contributed by atoms with Crippen molar-refractivity contribution in [2.24, 2.45) is 5.92 Å². The summed E-state index contributed by atoms with van der Waals surface area (Å²) >= 11 is 0. The average molecular weight is 396 g/mol. The molecule has 152 valence electrons. The molecule has 7 nitrogen and oxygen atoms in total. The third kappa shape index (κ3) is 4.93. The maximum Gasteiger partial charge on any atom is 0.337 e. The van der Waals surface area contributed by atoms with E-state index in [1.165, 1.54) is 14.2 Å². The van der Waals surface area contributed by atoms with Crippen molar-refractivity contribution in [3.8, 4) is 5.75 Å². The average Bonchev–Trinajstić information content (AvgIpc) is 2.69. The Morgan fingerprint density at radius 1 is 1.07 bits per heavy atom. The maximum atomic E-state index is 12.5. The van der Waals surface area contributed by atoms with Crippen LogP contribution in [0.1, 0.15) is 45.5 Å². The van der Waals surface area contributed by atoms with Crippen LogP contribution in [0.2, 0.25) is 0 Å². The molecule has 0 atom stereocenters. The largest absolute Gasteiger partial charge is 0.496 e. The zero-order valence-electron chi connectivity index (χ0n) is 16.5. The minimum atomic E-state index is -0.512. The molecule has 2 N–H and O–H groups in total. The summed E-state index contributed by atoms with van der Waals surface area (Å²) in [6, 6.07) is 11.9. The summed E-state index contributed by atoms with van der Waals surface area (Å²) in [6.07, 6.45) is 2.81. The Bertz CT molecular complexity index is 921. The molecule has 0 spiro atoms. The molecule has 1 fully saturated rings. The fourth-order valence-corrected chi connectivity index (χ4v) is 3.13. The number of hydrogen-bond acceptors (Lipinski definition) is 5. The van der Waals surface area contributed by atoms with Crippen LogP contribution >= 0.6 is 0 Å². The minimum absolute atomic E-state index is 0.0190. The highest BCUT2D eigenvalue weighted by Gasteiger charge is 2.25. The van der Waals surface area contributed by atoms with Gasteiger partial charge in [0.15, 0.2) is 0 Å². The topological polar surface area (TPSA) is 93.7 Å². The van der Waals surface area contributed by atoms with Crippen molar-refractivity contribution in [3.05, 3.63) is 59.2 Å². The standard InChI is InChI=1S/C22H24N2O5/c1-28-19-9-4-3-8-18(19)21(26)23-13-14-10-16(22(27)29-2)12-17(11-14)24-20(25)15-6-5-7-15/h3-4,8-12,15H,5-7,13H2,1-2H3,(H,23,26)(H,24,25). The molecule has 0 radical (unpaired) electrons. The van der Waals surface area contributed by atoms with Crippen molar-refractivity contribution in [3.63, 3.8) is 0 Å². The number of nitrogens with one attached hydrogen (secondary N) is 2. The highest BCUT2D eigenvalue weighted by molar-refractivity contribution is 5.97. The predicted octanol–water partition coefficient (Wildman–Crippen LogP) is 3.15. The Kier molecular flexibility index (Phi) is 6.49. The molecule has 3 rings (SSSR count). The molecule has 0 aromatic heterocycles. The van der Waals surface area contributed by atoms with E-state index in [1.807, 2.05) is 0 Å². The van der Waals surface area contributed by atoms with Gasteiger partial charge in [-0.1, -0.05) is 18.6 Å². The summed E-state index contributed by atoms with van der Waals surface area (Å²) in [5, 5.41) is 5.68. The smallest absolute Gasteiger partial charge is 0.337 e. The molecule has 0 saturated heterocycles. The van der Waals surface area contributed by atoms with Crippen LogP contribution in [0.15, 0.2) is 42.5 Å². The Hall–Kier alpha value is -3.35. The summed E-state index contributed by atoms with van der Waals surface area (Å²) in [5.74, 6) is -0.373. The van der Waals surface area contributed by atoms with Crippen molar-refractivity contribution in [2.75, 3.05) is 19.5 Å². The van der Waals surface area contributed by atoms with Crippen LogP contribution in [0.5, 0.6) is 5.75 Å². The van der Waals surface area contributed by atoms with Gasteiger partial charge in [-0.05, 0) is 48.7 Å². The molecule has 0 heterocycles. The van der Waals surface area contributed by atoms with Crippen molar-refractivity contribution in [1.29, 1.82) is 0 Å². The van der Waals surface area contributed by atoms with Gasteiger partial charge >= 0.3 is 5.97 Å². The van der Waals surface area contributed by atoms with Gasteiger partial charge in [0.1, 0.15) is 5.75 Å². The fourth-order valence-electron chi connectivity index (χ4n) is 3.13. The number of esters is 1. The van der Waals surface area contributed by atoms with Gasteiger partial charge < -0.3 is 20.1 Å². The first-order chi connectivity index (χ1) is 14.0. The second kappa shape index (κ2) is 9.23. The van der Waals surface area contributed by atoms with Crippen LogP contribution in [0.25, 0.3) is 0 Å². The highest BCUT2D eigenvalue weighted by Crippen LogP contribution is 2.28. The molecule has 0 aliphatic heterocycles. The molecule has 1 aliphatic carbocycles. The van der Waals surface area contributed by atoms with Gasteiger partial charge in [0, 0.05) is 18.2 Å². The van der Waals surface area contributed by atoms with E-state index in [0.717, 1.165) is 19.3 Å². The third-order valence-electron chi connectivity index (χ3n) is 4.96. The molecular formula is C22H24N2O5. The second-order valence-electron chi connectivity index (χ2n) is 6.91. The molecule has 7 heteroatoms. The van der Waals surface area contributed by atoms with Gasteiger partial charge in [0.2, 0.25) is 5.91 Å². The summed E-state index contributed by atoms with van der Waals surface area (Å²) in [5.41, 5.74) is 1.89. The first-order valence-electron chi connectivity index (χ1n) is 9.46. The quantitative estimate of drug-likeness (QED) is 0.701. The normalized spacial score (nSPS) is 13.2. The van der Waals surface area contributed by atoms with Gasteiger partial charge in [0.05, 0.1) is 25.3 Å². The van der Waals surface area contributed by atoms with E-state index in [9.17, 15) is 14.4 Å². The van der Waals surface area contributed by atoms with E-state index in [4.69, 9.17) is 9.47 Å². The summed E-state index contributed by atoms with van der Waals surface area (Å²) in [6.45, 7) is 0.175. The number of benzene rings is 2. The summed E-state index contributed by atoms with van der Waals surface area (Å²) < 4.78 is 10.0. The molecule has 0 bridgehead atoms. The third-order valence-corrected chi connectivity index (χ3v) is 4.96. The van der Waals surface area contributed by atoms with Crippen LogP contribution in [-0.2, 0) is 16.1 Å². The number of carbonyl (C=O) groups excluding carboxylic acids is 3. The van der Waals surface area contributed by atoms with Crippen LogP contribution in [0, 0.1) is 5.92 Å². The van der Waals surface area contributed by atoms with Gasteiger partial charge in [-0.3, -0.25) is 9.59 Å². The van der Waals surface area contributed by atoms with Crippen LogP contribution in [0.4, 0.5) is 5.69 Å². The number of hydrogen-bond donors (Lipinski definition) is 2. The number of methoxy groups -OCH3 is 2. The minimum Gasteiger partial charge on any atom is -0.496 e. The molecule has 2 aromatic carbocycles. The zero-order valence-corrected chi connectivity index (χ0v) is 16.5. The Balaban J connectivity index is 1.76. The first-order valence-corrected chi connectivity index (χ1v) is 9.46. The van der Waals surface area contributed by atoms with Crippen molar-refractivity contribution in [2.45, 2.75) is 25.8 Å². The zero-order chi connectivity index (χ0) is 20.8. The Morgan fingerprint density at radius 2 is 1.83 bits per heavy atom. The molecule has 29 heavy (non-hydrogen) atoms. The predicted molar refractivity (Wildman–Crippen MR) is 108 cm³/mol. The number of para-hydroxylation sites is 1. The van der Waals surface area contributed by atoms with Crippen molar-refractivity contribution >= 4 is 23.5 Å². The lowest BCUT2D eigenvalue weighted by Gasteiger charge is -2.24. The number of rotatable bonds is 7. The Morgan fingerprint density at radius 3 is 2.48 bits per heavy atom. The van der Waals surface area contributed by atoms with Crippen molar-refractivity contribution in [1.82, 2.24) is 5.32 Å². The maximum absolute atomic E-state index is 12.5. The monoisotopic (exact) mass is 396 g/mol. The highest BCUT2D eigenvalue weighted by atomic mass is 16.5. The summed E-state index contributed by atoms with van der Waals surface area (Å²) in [7, 11) is 2.80. The number of anilines is 1. The lowest BCUT2D eigenvalue weighted by atomic mass is 9.85. The molecule has 1 saturated carbocycles. The molecule has 2 amide bonds.